The molecule has 0 bridgehead atoms. The van der Waals surface area contributed by atoms with Gasteiger partial charge in [-0.15, -0.1) is 5.10 Å². The highest BCUT2D eigenvalue weighted by Crippen LogP contribution is 2.10. The fourth-order valence-electron chi connectivity index (χ4n) is 2.22. The van der Waals surface area contributed by atoms with E-state index in [1.165, 1.54) is 11.3 Å². The fourth-order valence-corrected chi connectivity index (χ4v) is 2.22. The SMILES string of the molecule is Cc1nn(CCn2cc(CNCC(C)C)nn2)c(C)c1C. The van der Waals surface area contributed by atoms with E-state index in [2.05, 4.69) is 48.4 Å². The van der Waals surface area contributed by atoms with E-state index in [0.717, 1.165) is 37.6 Å². The van der Waals surface area contributed by atoms with Crippen molar-refractivity contribution in [2.75, 3.05) is 6.54 Å². The Hall–Kier alpha value is -1.69. The largest absolute Gasteiger partial charge is 0.311 e. The number of nitrogens with one attached hydrogen (secondary N) is 1. The van der Waals surface area contributed by atoms with Crippen molar-refractivity contribution in [3.63, 3.8) is 0 Å². The van der Waals surface area contributed by atoms with E-state index in [4.69, 9.17) is 0 Å². The summed E-state index contributed by atoms with van der Waals surface area (Å²) in [4.78, 5) is 0. The standard InChI is InChI=1S/C15H26N6/c1-11(2)8-16-9-15-10-20(19-17-15)6-7-21-14(5)12(3)13(4)18-21/h10-11,16H,6-9H2,1-5H3. The minimum Gasteiger partial charge on any atom is -0.311 e. The zero-order valence-corrected chi connectivity index (χ0v) is 13.7. The summed E-state index contributed by atoms with van der Waals surface area (Å²) < 4.78 is 3.93. The third-order valence-electron chi connectivity index (χ3n) is 3.73. The Morgan fingerprint density at radius 2 is 1.95 bits per heavy atom. The lowest BCUT2D eigenvalue weighted by Crippen LogP contribution is -2.19. The predicted molar refractivity (Wildman–Crippen MR) is 83.0 cm³/mol. The molecule has 0 aliphatic heterocycles. The van der Waals surface area contributed by atoms with Crippen LogP contribution in [-0.2, 0) is 19.6 Å². The van der Waals surface area contributed by atoms with Gasteiger partial charge in [-0.05, 0) is 38.8 Å². The molecule has 21 heavy (non-hydrogen) atoms. The van der Waals surface area contributed by atoms with Crippen molar-refractivity contribution in [1.29, 1.82) is 0 Å². The average Bonchev–Trinajstić information content (AvgIpc) is 2.97. The van der Waals surface area contributed by atoms with Gasteiger partial charge in [0.05, 0.1) is 24.5 Å². The Kier molecular flexibility index (Phi) is 5.12. The number of aromatic nitrogens is 5. The van der Waals surface area contributed by atoms with Crippen LogP contribution in [0.2, 0.25) is 0 Å². The van der Waals surface area contributed by atoms with Gasteiger partial charge in [-0.3, -0.25) is 9.36 Å². The molecule has 2 aromatic rings. The third kappa shape index (κ3) is 4.14. The van der Waals surface area contributed by atoms with E-state index in [1.807, 2.05) is 22.5 Å². The van der Waals surface area contributed by atoms with Crippen LogP contribution in [0.4, 0.5) is 0 Å². The molecule has 0 radical (unpaired) electrons. The molecule has 0 amide bonds. The van der Waals surface area contributed by atoms with Gasteiger partial charge in [-0.1, -0.05) is 19.1 Å². The maximum absolute atomic E-state index is 4.54. The van der Waals surface area contributed by atoms with Crippen LogP contribution in [0.25, 0.3) is 0 Å². The first-order valence-corrected chi connectivity index (χ1v) is 7.57. The van der Waals surface area contributed by atoms with Gasteiger partial charge < -0.3 is 5.32 Å². The van der Waals surface area contributed by atoms with Crippen molar-refractivity contribution in [1.82, 2.24) is 30.1 Å². The van der Waals surface area contributed by atoms with Gasteiger partial charge in [-0.2, -0.15) is 5.10 Å². The molecule has 0 atom stereocenters. The molecule has 0 aliphatic rings. The molecular weight excluding hydrogens is 264 g/mol. The van der Waals surface area contributed by atoms with Gasteiger partial charge in [-0.25, -0.2) is 0 Å². The first kappa shape index (κ1) is 15.7. The van der Waals surface area contributed by atoms with Gasteiger partial charge in [0, 0.05) is 18.4 Å². The molecule has 6 nitrogen and oxygen atoms in total. The molecule has 0 saturated heterocycles. The summed E-state index contributed by atoms with van der Waals surface area (Å²) in [6.07, 6.45) is 2.01. The van der Waals surface area contributed by atoms with Crippen LogP contribution in [0.15, 0.2) is 6.20 Å². The van der Waals surface area contributed by atoms with Crippen LogP contribution >= 0.6 is 0 Å². The number of aryl methyl sites for hydroxylation is 3. The minimum atomic E-state index is 0.648. The van der Waals surface area contributed by atoms with Crippen molar-refractivity contribution in [3.8, 4) is 0 Å². The Morgan fingerprint density at radius 3 is 2.57 bits per heavy atom. The molecule has 0 spiro atoms. The third-order valence-corrected chi connectivity index (χ3v) is 3.73. The quantitative estimate of drug-likeness (QED) is 0.845. The lowest BCUT2D eigenvalue weighted by atomic mass is 10.2. The molecule has 2 rings (SSSR count). The van der Waals surface area contributed by atoms with E-state index < -0.39 is 0 Å². The summed E-state index contributed by atoms with van der Waals surface area (Å²) >= 11 is 0. The monoisotopic (exact) mass is 290 g/mol. The predicted octanol–water partition coefficient (Wildman–Crippen LogP) is 1.85. The van der Waals surface area contributed by atoms with Crippen LogP contribution in [0.1, 0.15) is 36.5 Å². The Labute approximate surface area is 126 Å². The number of hydrogen-bond acceptors (Lipinski definition) is 4. The van der Waals surface area contributed by atoms with E-state index in [-0.39, 0.29) is 0 Å². The second-order valence-electron chi connectivity index (χ2n) is 6.02. The summed E-state index contributed by atoms with van der Waals surface area (Å²) in [5, 5.41) is 16.3. The molecule has 2 aromatic heterocycles. The van der Waals surface area contributed by atoms with Gasteiger partial charge in [0.15, 0.2) is 0 Å². The molecule has 1 N–H and O–H groups in total. The van der Waals surface area contributed by atoms with Gasteiger partial charge >= 0.3 is 0 Å². The number of nitrogens with zero attached hydrogens (tertiary/aromatic N) is 5. The summed E-state index contributed by atoms with van der Waals surface area (Å²) in [5.41, 5.74) is 4.59. The van der Waals surface area contributed by atoms with E-state index in [9.17, 15) is 0 Å². The smallest absolute Gasteiger partial charge is 0.0964 e. The number of hydrogen-bond donors (Lipinski definition) is 1. The number of rotatable bonds is 7. The lowest BCUT2D eigenvalue weighted by molar-refractivity contribution is 0.481. The molecule has 0 aromatic carbocycles. The first-order valence-electron chi connectivity index (χ1n) is 7.57. The normalized spacial score (nSPS) is 11.5. The summed E-state index contributed by atoms with van der Waals surface area (Å²) in [5.74, 6) is 0.648. The van der Waals surface area contributed by atoms with E-state index in [1.54, 1.807) is 0 Å². The second-order valence-corrected chi connectivity index (χ2v) is 6.02. The highest BCUT2D eigenvalue weighted by Gasteiger charge is 2.07. The van der Waals surface area contributed by atoms with Crippen LogP contribution < -0.4 is 5.32 Å². The molecule has 116 valence electrons. The Balaban J connectivity index is 1.86. The zero-order valence-electron chi connectivity index (χ0n) is 13.7. The zero-order chi connectivity index (χ0) is 15.4. The Bertz CT molecular complexity index is 581. The molecule has 0 fully saturated rings. The average molecular weight is 290 g/mol. The molecule has 0 aliphatic carbocycles. The molecule has 0 unspecified atom stereocenters. The summed E-state index contributed by atoms with van der Waals surface area (Å²) in [6.45, 7) is 14.0. The maximum Gasteiger partial charge on any atom is 0.0964 e. The van der Waals surface area contributed by atoms with Crippen molar-refractivity contribution < 1.29 is 0 Å². The van der Waals surface area contributed by atoms with Crippen molar-refractivity contribution in [2.45, 2.75) is 54.3 Å². The van der Waals surface area contributed by atoms with Crippen LogP contribution in [-0.4, -0.2) is 31.3 Å². The first-order chi connectivity index (χ1) is 9.97. The fraction of sp³-hybridized carbons (Fsp3) is 0.667. The van der Waals surface area contributed by atoms with Crippen molar-refractivity contribution >= 4 is 0 Å². The summed E-state index contributed by atoms with van der Waals surface area (Å²) in [6, 6.07) is 0. The van der Waals surface area contributed by atoms with Crippen molar-refractivity contribution in [2.24, 2.45) is 5.92 Å². The molecular formula is C15H26N6. The lowest BCUT2D eigenvalue weighted by Gasteiger charge is -2.05. The highest BCUT2D eigenvalue weighted by atomic mass is 15.4. The van der Waals surface area contributed by atoms with Gasteiger partial charge in [0.1, 0.15) is 0 Å². The maximum atomic E-state index is 4.54. The highest BCUT2D eigenvalue weighted by molar-refractivity contribution is 5.21. The Morgan fingerprint density at radius 1 is 1.19 bits per heavy atom. The van der Waals surface area contributed by atoms with Crippen molar-refractivity contribution in [3.05, 3.63) is 28.8 Å². The topological polar surface area (TPSA) is 60.6 Å². The molecule has 0 saturated carbocycles. The van der Waals surface area contributed by atoms with Gasteiger partial charge in [0.25, 0.3) is 0 Å². The summed E-state index contributed by atoms with van der Waals surface area (Å²) in [7, 11) is 0. The molecule has 6 heteroatoms. The molecule has 2 heterocycles. The van der Waals surface area contributed by atoms with Gasteiger partial charge in [0.2, 0.25) is 0 Å². The second kappa shape index (κ2) is 6.85. The van der Waals surface area contributed by atoms with Crippen LogP contribution in [0.5, 0.6) is 0 Å². The van der Waals surface area contributed by atoms with Crippen LogP contribution in [0.3, 0.4) is 0 Å². The minimum absolute atomic E-state index is 0.648. The van der Waals surface area contributed by atoms with Crippen LogP contribution in [0, 0.1) is 26.7 Å². The van der Waals surface area contributed by atoms with E-state index >= 15 is 0 Å². The van der Waals surface area contributed by atoms with E-state index in [0.29, 0.717) is 5.92 Å².